The largest absolute Gasteiger partial charge is 0.480 e. The minimum Gasteiger partial charge on any atom is -0.480 e. The summed E-state index contributed by atoms with van der Waals surface area (Å²) in [6.07, 6.45) is 7.25. The maximum absolute atomic E-state index is 13.4. The number of nitrogens with two attached hydrogens (primary N) is 1. The van der Waals surface area contributed by atoms with Crippen molar-refractivity contribution in [1.82, 2.24) is 30.9 Å². The standard InChI is InChI=1S/C25H33N7O5S2/c1-39-7-6-19(30-22(33)17(26)9-15-11-27-13-29-15)23(34)31-20(24(35)32-21(12-38)25(36)37)8-14-10-28-18-5-3-2-4-16(14)18/h2-5,10-11,13,17,19-21,28,38H,6-9,12,26H2,1H3,(H,27,29)(H,30,33)(H,31,34)(H,32,35)(H,36,37). The molecule has 0 spiro atoms. The van der Waals surface area contributed by atoms with Gasteiger partial charge in [0.1, 0.15) is 18.1 Å². The third kappa shape index (κ3) is 8.50. The molecule has 210 valence electrons. The number of carboxylic acid groups (broad SMARTS) is 1. The van der Waals surface area contributed by atoms with Crippen LogP contribution in [0.25, 0.3) is 10.9 Å². The second kappa shape index (κ2) is 14.6. The lowest BCUT2D eigenvalue weighted by atomic mass is 10.0. The number of imidazole rings is 1. The first-order valence-corrected chi connectivity index (χ1v) is 14.3. The number of para-hydroxylation sites is 1. The summed E-state index contributed by atoms with van der Waals surface area (Å²) in [4.78, 5) is 60.9. The van der Waals surface area contributed by atoms with Crippen LogP contribution in [0.15, 0.2) is 43.0 Å². The van der Waals surface area contributed by atoms with Crippen molar-refractivity contribution in [3.05, 3.63) is 54.2 Å². The lowest BCUT2D eigenvalue weighted by Gasteiger charge is -2.25. The zero-order valence-electron chi connectivity index (χ0n) is 21.3. The van der Waals surface area contributed by atoms with Gasteiger partial charge < -0.3 is 36.8 Å². The van der Waals surface area contributed by atoms with Gasteiger partial charge >= 0.3 is 5.97 Å². The fourth-order valence-electron chi connectivity index (χ4n) is 3.97. The second-order valence-electron chi connectivity index (χ2n) is 8.94. The molecule has 4 atom stereocenters. The van der Waals surface area contributed by atoms with Gasteiger partial charge in [0, 0.05) is 47.6 Å². The number of hydrogen-bond acceptors (Lipinski definition) is 8. The van der Waals surface area contributed by atoms with E-state index in [2.05, 4.69) is 43.5 Å². The maximum atomic E-state index is 13.4. The first kappa shape index (κ1) is 30.1. The summed E-state index contributed by atoms with van der Waals surface area (Å²) < 4.78 is 0. The van der Waals surface area contributed by atoms with E-state index in [-0.39, 0.29) is 18.6 Å². The van der Waals surface area contributed by atoms with Crippen LogP contribution in [-0.2, 0) is 32.0 Å². The van der Waals surface area contributed by atoms with Crippen LogP contribution in [0.1, 0.15) is 17.7 Å². The quantitative estimate of drug-likeness (QED) is 0.118. The van der Waals surface area contributed by atoms with Crippen molar-refractivity contribution in [2.24, 2.45) is 5.73 Å². The van der Waals surface area contributed by atoms with E-state index in [1.165, 1.54) is 18.1 Å². The number of benzene rings is 1. The topological polar surface area (TPSA) is 195 Å². The first-order chi connectivity index (χ1) is 18.7. The number of H-pyrrole nitrogens is 2. The molecule has 14 heteroatoms. The van der Waals surface area contributed by atoms with Gasteiger partial charge in [-0.05, 0) is 30.1 Å². The molecular weight excluding hydrogens is 542 g/mol. The molecule has 0 radical (unpaired) electrons. The molecule has 0 aliphatic heterocycles. The number of fused-ring (bicyclic) bond motifs is 1. The number of aromatic amines is 2. The molecule has 1 aromatic carbocycles. The average Bonchev–Trinajstić information content (AvgIpc) is 3.58. The predicted molar refractivity (Wildman–Crippen MR) is 153 cm³/mol. The van der Waals surface area contributed by atoms with Gasteiger partial charge in [-0.1, -0.05) is 18.2 Å². The van der Waals surface area contributed by atoms with Crippen LogP contribution in [0.2, 0.25) is 0 Å². The number of aromatic nitrogens is 3. The normalized spacial score (nSPS) is 14.2. The number of hydrogen-bond donors (Lipinski definition) is 8. The van der Waals surface area contributed by atoms with Gasteiger partial charge in [-0.3, -0.25) is 14.4 Å². The Morgan fingerprint density at radius 1 is 1.03 bits per heavy atom. The molecule has 2 aromatic heterocycles. The highest BCUT2D eigenvalue weighted by molar-refractivity contribution is 7.98. The maximum Gasteiger partial charge on any atom is 0.327 e. The van der Waals surface area contributed by atoms with Crippen LogP contribution in [0.5, 0.6) is 0 Å². The van der Waals surface area contributed by atoms with Crippen molar-refractivity contribution in [3.63, 3.8) is 0 Å². The number of nitrogens with one attached hydrogen (secondary N) is 5. The Morgan fingerprint density at radius 3 is 2.38 bits per heavy atom. The van der Waals surface area contributed by atoms with Crippen LogP contribution in [0.4, 0.5) is 0 Å². The highest BCUT2D eigenvalue weighted by atomic mass is 32.2. The molecule has 4 unspecified atom stereocenters. The number of carbonyl (C=O) groups is 4. The summed E-state index contributed by atoms with van der Waals surface area (Å²) in [6.45, 7) is 0. The zero-order valence-corrected chi connectivity index (χ0v) is 23.1. The van der Waals surface area contributed by atoms with Gasteiger partial charge in [-0.25, -0.2) is 9.78 Å². The molecule has 8 N–H and O–H groups in total. The highest BCUT2D eigenvalue weighted by Crippen LogP contribution is 2.19. The van der Waals surface area contributed by atoms with Crippen LogP contribution >= 0.6 is 24.4 Å². The number of nitrogens with zero attached hydrogens (tertiary/aromatic N) is 1. The van der Waals surface area contributed by atoms with E-state index < -0.39 is 47.9 Å². The van der Waals surface area contributed by atoms with E-state index in [1.54, 1.807) is 12.4 Å². The lowest BCUT2D eigenvalue weighted by Crippen LogP contribution is -2.58. The van der Waals surface area contributed by atoms with Gasteiger partial charge in [-0.2, -0.15) is 24.4 Å². The van der Waals surface area contributed by atoms with Crippen LogP contribution in [0, 0.1) is 0 Å². The molecular formula is C25H33N7O5S2. The lowest BCUT2D eigenvalue weighted by molar-refractivity contribution is -0.141. The zero-order chi connectivity index (χ0) is 28.4. The van der Waals surface area contributed by atoms with Gasteiger partial charge in [0.2, 0.25) is 17.7 Å². The summed E-state index contributed by atoms with van der Waals surface area (Å²) in [5.74, 6) is -2.59. The SMILES string of the molecule is CSCCC(NC(=O)C(N)Cc1cnc[nH]1)C(=O)NC(Cc1c[nH]c2ccccc12)C(=O)NC(CS)C(=O)O. The van der Waals surface area contributed by atoms with Crippen LogP contribution in [-0.4, -0.2) is 85.7 Å². The highest BCUT2D eigenvalue weighted by Gasteiger charge is 2.30. The van der Waals surface area contributed by atoms with E-state index in [0.29, 0.717) is 17.9 Å². The van der Waals surface area contributed by atoms with Gasteiger partial charge in [0.05, 0.1) is 12.4 Å². The van der Waals surface area contributed by atoms with Crippen LogP contribution < -0.4 is 21.7 Å². The Kier molecular flexibility index (Phi) is 11.3. The van der Waals surface area contributed by atoms with Crippen LogP contribution in [0.3, 0.4) is 0 Å². The Bertz CT molecular complexity index is 1270. The van der Waals surface area contributed by atoms with Gasteiger partial charge in [0.15, 0.2) is 0 Å². The molecule has 0 bridgehead atoms. The minimum atomic E-state index is -1.24. The van der Waals surface area contributed by atoms with Crippen molar-refractivity contribution in [1.29, 1.82) is 0 Å². The number of amides is 3. The van der Waals surface area contributed by atoms with Crippen molar-refractivity contribution in [2.45, 2.75) is 43.4 Å². The molecule has 39 heavy (non-hydrogen) atoms. The Labute approximate surface area is 235 Å². The smallest absolute Gasteiger partial charge is 0.327 e. The number of rotatable bonds is 15. The third-order valence-electron chi connectivity index (χ3n) is 6.10. The van der Waals surface area contributed by atoms with Crippen molar-refractivity contribution < 1.29 is 24.3 Å². The van der Waals surface area contributed by atoms with Crippen molar-refractivity contribution >= 4 is 59.0 Å². The van der Waals surface area contributed by atoms with E-state index >= 15 is 0 Å². The summed E-state index contributed by atoms with van der Waals surface area (Å²) in [5.41, 5.74) is 8.34. The number of carboxylic acids is 1. The molecule has 3 amide bonds. The molecule has 12 nitrogen and oxygen atoms in total. The summed E-state index contributed by atoms with van der Waals surface area (Å²) >= 11 is 5.51. The molecule has 2 heterocycles. The first-order valence-electron chi connectivity index (χ1n) is 12.2. The minimum absolute atomic E-state index is 0.0863. The number of aliphatic carboxylic acids is 1. The molecule has 0 saturated carbocycles. The fourth-order valence-corrected chi connectivity index (χ4v) is 4.69. The summed E-state index contributed by atoms with van der Waals surface area (Å²) in [5, 5.41) is 18.1. The number of thioether (sulfide) groups is 1. The molecule has 0 aliphatic carbocycles. The molecule has 0 saturated heterocycles. The van der Waals surface area contributed by atoms with Gasteiger partial charge in [0.25, 0.3) is 0 Å². The molecule has 0 fully saturated rings. The summed E-state index contributed by atoms with van der Waals surface area (Å²) in [7, 11) is 0. The number of carbonyl (C=O) groups excluding carboxylic acids is 3. The monoisotopic (exact) mass is 575 g/mol. The van der Waals surface area contributed by atoms with Gasteiger partial charge in [-0.15, -0.1) is 0 Å². The van der Waals surface area contributed by atoms with E-state index in [4.69, 9.17) is 5.73 Å². The molecule has 3 aromatic rings. The fraction of sp³-hybridized carbons (Fsp3) is 0.400. The van der Waals surface area contributed by atoms with Crippen molar-refractivity contribution in [3.8, 4) is 0 Å². The summed E-state index contributed by atoms with van der Waals surface area (Å²) in [6, 6.07) is 3.25. The molecule has 3 rings (SSSR count). The predicted octanol–water partition coefficient (Wildman–Crippen LogP) is 0.225. The Hall–Kier alpha value is -3.49. The average molecular weight is 576 g/mol. The number of thiol groups is 1. The van der Waals surface area contributed by atoms with Crippen molar-refractivity contribution in [2.75, 3.05) is 17.8 Å². The third-order valence-corrected chi connectivity index (χ3v) is 7.11. The second-order valence-corrected chi connectivity index (χ2v) is 10.3. The molecule has 0 aliphatic rings. The Morgan fingerprint density at radius 2 is 1.72 bits per heavy atom. The van der Waals surface area contributed by atoms with E-state index in [9.17, 15) is 24.3 Å². The Balaban J connectivity index is 1.79. The van der Waals surface area contributed by atoms with E-state index in [1.807, 2.05) is 30.5 Å². The van der Waals surface area contributed by atoms with E-state index in [0.717, 1.165) is 16.5 Å².